The molecule has 0 spiro atoms. The van der Waals surface area contributed by atoms with E-state index in [0.29, 0.717) is 16.0 Å². The van der Waals surface area contributed by atoms with Crippen LogP contribution in [0.2, 0.25) is 10.0 Å². The first kappa shape index (κ1) is 15.2. The predicted octanol–water partition coefficient (Wildman–Crippen LogP) is 5.11. The van der Waals surface area contributed by atoms with E-state index in [-0.39, 0.29) is 10.7 Å². The summed E-state index contributed by atoms with van der Waals surface area (Å²) in [6.07, 6.45) is 0. The molecule has 0 aliphatic rings. The highest BCUT2D eigenvalue weighted by atomic mass is 35.5. The minimum absolute atomic E-state index is 0.266. The van der Waals surface area contributed by atoms with Crippen LogP contribution in [0.15, 0.2) is 29.2 Å². The van der Waals surface area contributed by atoms with E-state index in [1.165, 1.54) is 0 Å². The summed E-state index contributed by atoms with van der Waals surface area (Å²) in [4.78, 5) is 0.502. The fourth-order valence-electron chi connectivity index (χ4n) is 1.37. The summed E-state index contributed by atoms with van der Waals surface area (Å²) in [5.41, 5.74) is 3.95. The first-order chi connectivity index (χ1) is 9.41. The molecule has 8 heteroatoms. The van der Waals surface area contributed by atoms with Gasteiger partial charge in [-0.2, -0.15) is 0 Å². The van der Waals surface area contributed by atoms with Gasteiger partial charge < -0.3 is 10.5 Å². The highest BCUT2D eigenvalue weighted by Gasteiger charge is 2.16. The molecule has 0 atom stereocenters. The molecule has 0 aliphatic heterocycles. The fraction of sp³-hybridized carbons (Fsp3) is 0. The Morgan fingerprint density at radius 3 is 2.50 bits per heavy atom. The van der Waals surface area contributed by atoms with Crippen LogP contribution < -0.4 is 10.5 Å². The second kappa shape index (κ2) is 6.03. The van der Waals surface area contributed by atoms with Crippen molar-refractivity contribution in [1.82, 2.24) is 0 Å². The summed E-state index contributed by atoms with van der Waals surface area (Å²) < 4.78 is 42.4. The zero-order valence-corrected chi connectivity index (χ0v) is 12.0. The molecule has 0 aliphatic carbocycles. The molecule has 20 heavy (non-hydrogen) atoms. The van der Waals surface area contributed by atoms with Crippen molar-refractivity contribution < 1.29 is 13.2 Å². The van der Waals surface area contributed by atoms with Gasteiger partial charge >= 0.3 is 0 Å². The summed E-state index contributed by atoms with van der Waals surface area (Å²) >= 11 is 12.7. The van der Waals surface area contributed by atoms with Gasteiger partial charge in [0, 0.05) is 11.0 Å². The van der Waals surface area contributed by atoms with Crippen molar-refractivity contribution >= 4 is 46.5 Å². The monoisotopic (exact) mass is 338 g/mol. The summed E-state index contributed by atoms with van der Waals surface area (Å²) in [6, 6.07) is 5.54. The Morgan fingerprint density at radius 2 is 1.80 bits per heavy atom. The van der Waals surface area contributed by atoms with Crippen LogP contribution in [0.4, 0.5) is 24.5 Å². The topological polar surface area (TPSA) is 38.0 Å². The number of rotatable bonds is 3. The number of benzene rings is 2. The van der Waals surface area contributed by atoms with Gasteiger partial charge in [-0.3, -0.25) is 0 Å². The first-order valence-corrected chi connectivity index (χ1v) is 6.79. The van der Waals surface area contributed by atoms with Gasteiger partial charge in [0.25, 0.3) is 0 Å². The highest BCUT2D eigenvalue weighted by Crippen LogP contribution is 2.35. The Hall–Kier alpha value is -1.24. The molecule has 0 saturated carbocycles. The molecule has 2 nitrogen and oxygen atoms in total. The zero-order chi connectivity index (χ0) is 14.9. The lowest BCUT2D eigenvalue weighted by Crippen LogP contribution is -2.02. The Morgan fingerprint density at radius 1 is 1.10 bits per heavy atom. The van der Waals surface area contributed by atoms with Crippen molar-refractivity contribution in [2.45, 2.75) is 4.90 Å². The van der Waals surface area contributed by atoms with E-state index >= 15 is 0 Å². The molecule has 0 unspecified atom stereocenters. The van der Waals surface area contributed by atoms with E-state index in [0.717, 1.165) is 11.9 Å². The molecule has 0 fully saturated rings. The fourth-order valence-corrected chi connectivity index (χ4v) is 2.56. The van der Waals surface area contributed by atoms with Gasteiger partial charge in [0.2, 0.25) is 0 Å². The van der Waals surface area contributed by atoms with Crippen LogP contribution in [0.5, 0.6) is 0 Å². The van der Waals surface area contributed by atoms with Gasteiger partial charge in [-0.05, 0) is 24.1 Å². The molecule has 3 N–H and O–H groups in total. The molecule has 2 aromatic rings. The summed E-state index contributed by atoms with van der Waals surface area (Å²) in [5.74, 6) is -3.74. The van der Waals surface area contributed by atoms with E-state index in [1.54, 1.807) is 18.2 Å². The normalized spacial score (nSPS) is 10.7. The number of halogens is 5. The molecular weight excluding hydrogens is 332 g/mol. The molecular formula is C12H7Cl2F3N2S. The largest absolute Gasteiger partial charge is 0.394 e. The molecule has 0 aromatic heterocycles. The van der Waals surface area contributed by atoms with Crippen LogP contribution in [0, 0.1) is 17.5 Å². The van der Waals surface area contributed by atoms with Gasteiger partial charge in [-0.15, -0.1) is 0 Å². The van der Waals surface area contributed by atoms with E-state index < -0.39 is 23.1 Å². The Labute approximate surface area is 127 Å². The second-order valence-electron chi connectivity index (χ2n) is 3.70. The zero-order valence-electron chi connectivity index (χ0n) is 9.68. The number of nitrogens with two attached hydrogens (primary N) is 1. The number of nitrogen functional groups attached to an aromatic ring is 1. The lowest BCUT2D eigenvalue weighted by molar-refractivity contribution is 0.502. The average Bonchev–Trinajstić information content (AvgIpc) is 2.43. The number of anilines is 2. The summed E-state index contributed by atoms with van der Waals surface area (Å²) in [6.45, 7) is 0. The maximum Gasteiger partial charge on any atom is 0.184 e. The van der Waals surface area contributed by atoms with Crippen molar-refractivity contribution in [2.75, 3.05) is 10.5 Å². The Kier molecular flexibility index (Phi) is 4.57. The van der Waals surface area contributed by atoms with Gasteiger partial charge in [-0.1, -0.05) is 29.3 Å². The average molecular weight is 339 g/mol. The van der Waals surface area contributed by atoms with Crippen molar-refractivity contribution in [2.24, 2.45) is 0 Å². The van der Waals surface area contributed by atoms with Gasteiger partial charge in [0.1, 0.15) is 5.69 Å². The molecule has 2 aromatic carbocycles. The maximum absolute atomic E-state index is 13.7. The summed E-state index contributed by atoms with van der Waals surface area (Å²) in [7, 11) is 0. The van der Waals surface area contributed by atoms with Crippen molar-refractivity contribution in [3.05, 3.63) is 51.8 Å². The molecule has 0 bridgehead atoms. The van der Waals surface area contributed by atoms with Crippen LogP contribution >= 0.6 is 35.1 Å². The third-order valence-corrected chi connectivity index (χ3v) is 4.19. The number of nitrogens with one attached hydrogen (secondary N) is 1. The maximum atomic E-state index is 13.7. The SMILES string of the molecule is Nc1c(F)c(F)cc(NSc2cccc(Cl)c2Cl)c1F. The molecule has 0 heterocycles. The summed E-state index contributed by atoms with van der Waals surface area (Å²) in [5, 5.41) is 0.589. The van der Waals surface area contributed by atoms with Crippen molar-refractivity contribution in [3.8, 4) is 0 Å². The molecule has 0 amide bonds. The third-order valence-electron chi connectivity index (χ3n) is 2.38. The highest BCUT2D eigenvalue weighted by molar-refractivity contribution is 8.00. The standard InChI is InChI=1S/C12H7Cl2F3N2S/c13-5-2-1-3-8(9(5)14)20-19-7-4-6(15)10(16)12(18)11(7)17/h1-4,19H,18H2. The molecule has 0 radical (unpaired) electrons. The Balaban J connectivity index is 2.26. The first-order valence-electron chi connectivity index (χ1n) is 5.21. The van der Waals surface area contributed by atoms with Gasteiger partial charge in [-0.25, -0.2) is 13.2 Å². The van der Waals surface area contributed by atoms with Gasteiger partial charge in [0.15, 0.2) is 17.5 Å². The minimum atomic E-state index is -1.42. The van der Waals surface area contributed by atoms with E-state index in [1.807, 2.05) is 0 Å². The van der Waals surface area contributed by atoms with E-state index in [4.69, 9.17) is 28.9 Å². The third kappa shape index (κ3) is 2.92. The predicted molar refractivity (Wildman–Crippen MR) is 76.7 cm³/mol. The lowest BCUT2D eigenvalue weighted by atomic mass is 10.2. The van der Waals surface area contributed by atoms with Gasteiger partial charge in [0.05, 0.1) is 15.7 Å². The van der Waals surface area contributed by atoms with Crippen molar-refractivity contribution in [1.29, 1.82) is 0 Å². The number of hydrogen-bond acceptors (Lipinski definition) is 3. The molecule has 106 valence electrons. The smallest absolute Gasteiger partial charge is 0.184 e. The second-order valence-corrected chi connectivity index (χ2v) is 5.34. The van der Waals surface area contributed by atoms with Crippen molar-refractivity contribution in [3.63, 3.8) is 0 Å². The van der Waals surface area contributed by atoms with E-state index in [9.17, 15) is 13.2 Å². The number of hydrogen-bond donors (Lipinski definition) is 2. The minimum Gasteiger partial charge on any atom is -0.394 e. The van der Waals surface area contributed by atoms with Crippen LogP contribution in [-0.2, 0) is 0 Å². The van der Waals surface area contributed by atoms with Crippen LogP contribution in [-0.4, -0.2) is 0 Å². The quantitative estimate of drug-likeness (QED) is 0.463. The Bertz CT molecular complexity index is 668. The molecule has 2 rings (SSSR count). The van der Waals surface area contributed by atoms with E-state index in [2.05, 4.69) is 4.72 Å². The molecule has 0 saturated heterocycles. The van der Waals surface area contributed by atoms with Crippen LogP contribution in [0.25, 0.3) is 0 Å². The van der Waals surface area contributed by atoms with Crippen LogP contribution in [0.1, 0.15) is 0 Å². The van der Waals surface area contributed by atoms with Crippen LogP contribution in [0.3, 0.4) is 0 Å². The lowest BCUT2D eigenvalue weighted by Gasteiger charge is -2.10.